The fourth-order valence-electron chi connectivity index (χ4n) is 6.75. The number of aromatic nitrogens is 4. The second-order valence-electron chi connectivity index (χ2n) is 13.0. The Bertz CT molecular complexity index is 2040. The first kappa shape index (κ1) is 36.3. The highest BCUT2D eigenvalue weighted by molar-refractivity contribution is 5.80. The molecular formula is C37H37F3N6O6. The molecule has 2 aromatic heterocycles. The predicted molar refractivity (Wildman–Crippen MR) is 182 cm³/mol. The number of rotatable bonds is 8. The molecule has 1 amide bonds. The van der Waals surface area contributed by atoms with Crippen LogP contribution in [0.3, 0.4) is 0 Å². The van der Waals surface area contributed by atoms with Crippen LogP contribution >= 0.6 is 0 Å². The van der Waals surface area contributed by atoms with Gasteiger partial charge in [0, 0.05) is 32.1 Å². The molecule has 2 aromatic carbocycles. The molecule has 3 heterocycles. The second-order valence-corrected chi connectivity index (χ2v) is 13.0. The minimum absolute atomic E-state index is 0.149. The Kier molecular flexibility index (Phi) is 10.2. The Hall–Kier alpha value is -5.46. The summed E-state index contributed by atoms with van der Waals surface area (Å²) in [4.78, 5) is 32.2. The van der Waals surface area contributed by atoms with Crippen LogP contribution in [0.1, 0.15) is 42.9 Å². The second kappa shape index (κ2) is 14.6. The lowest BCUT2D eigenvalue weighted by atomic mass is 9.68. The van der Waals surface area contributed by atoms with Gasteiger partial charge in [-0.25, -0.2) is 18.2 Å². The van der Waals surface area contributed by atoms with E-state index in [1.165, 1.54) is 25.4 Å². The summed E-state index contributed by atoms with van der Waals surface area (Å²) in [6.07, 6.45) is 2.83. The average Bonchev–Trinajstić information content (AvgIpc) is 3.16. The smallest absolute Gasteiger partial charge is 0.295 e. The number of carbonyl (C=O) groups excluding carboxylic acids is 1. The van der Waals surface area contributed by atoms with Crippen LogP contribution in [0.4, 0.5) is 18.9 Å². The molecule has 15 heteroatoms. The normalized spacial score (nSPS) is 24.0. The van der Waals surface area contributed by atoms with Gasteiger partial charge in [-0.1, -0.05) is 36.3 Å². The highest BCUT2D eigenvalue weighted by Crippen LogP contribution is 2.46. The first-order valence-corrected chi connectivity index (χ1v) is 16.5. The molecule has 272 valence electrons. The molecule has 12 nitrogen and oxygen atoms in total. The summed E-state index contributed by atoms with van der Waals surface area (Å²) in [6, 6.07) is 15.8. The van der Waals surface area contributed by atoms with Crippen LogP contribution in [0.15, 0.2) is 78.0 Å². The number of nitrogen functional groups attached to an aromatic ring is 1. The molecule has 52 heavy (non-hydrogen) atoms. The van der Waals surface area contributed by atoms with Crippen LogP contribution in [0.25, 0.3) is 0 Å². The number of benzene rings is 2. The number of hydrogen-bond acceptors (Lipinski definition) is 10. The number of nitrogens with two attached hydrogens (primary N) is 1. The van der Waals surface area contributed by atoms with E-state index in [1.807, 2.05) is 30.3 Å². The van der Waals surface area contributed by atoms with Crippen molar-refractivity contribution in [3.8, 4) is 29.2 Å². The molecule has 1 saturated heterocycles. The van der Waals surface area contributed by atoms with E-state index in [4.69, 9.17) is 19.9 Å². The van der Waals surface area contributed by atoms with Gasteiger partial charge in [-0.05, 0) is 60.9 Å². The Morgan fingerprint density at radius 1 is 1.10 bits per heavy atom. The fraction of sp³-hybridized carbons (Fsp3) is 0.378. The molecule has 1 aliphatic heterocycles. The van der Waals surface area contributed by atoms with Crippen LogP contribution in [0.2, 0.25) is 0 Å². The van der Waals surface area contributed by atoms with E-state index in [0.717, 1.165) is 33.5 Å². The molecule has 4 atom stereocenters. The van der Waals surface area contributed by atoms with Crippen LogP contribution in [-0.2, 0) is 16.1 Å². The number of likely N-dealkylation sites (tertiary alicyclic amines) is 1. The highest BCUT2D eigenvalue weighted by Gasteiger charge is 2.58. The van der Waals surface area contributed by atoms with Gasteiger partial charge in [-0.3, -0.25) is 14.2 Å². The third-order valence-electron chi connectivity index (χ3n) is 9.79. The van der Waals surface area contributed by atoms with E-state index in [1.54, 1.807) is 13.2 Å². The minimum atomic E-state index is -3.81. The van der Waals surface area contributed by atoms with E-state index >= 15 is 8.78 Å². The standard InChI is InChI=1S/C37H37F3N6O6/c1-50-28-18-26(44-43-20-28)12-14-35(51-2)15-13-29(30(19-35)24-6-4-3-5-7-24)33(47)45-17-16-36(49,37(39,40)22-45)21-46-23-42-32(31(41)34(46)48)52-27-10-8-25(38)9-11-27/h3-11,18,20,23,29-30,49H,13,15-17,19,21-22,41H2,1-2H3/t29-,30+,35-,36+/m1/s1. The van der Waals surface area contributed by atoms with Crippen molar-refractivity contribution in [3.05, 3.63) is 101 Å². The molecule has 0 bridgehead atoms. The van der Waals surface area contributed by atoms with Crippen molar-refractivity contribution in [2.24, 2.45) is 5.92 Å². The lowest BCUT2D eigenvalue weighted by Gasteiger charge is -2.47. The number of hydrogen-bond donors (Lipinski definition) is 2. The summed E-state index contributed by atoms with van der Waals surface area (Å²) in [7, 11) is 3.05. The van der Waals surface area contributed by atoms with Crippen LogP contribution in [-0.4, -0.2) is 80.1 Å². The molecule has 6 rings (SSSR count). The molecule has 1 saturated carbocycles. The van der Waals surface area contributed by atoms with Gasteiger partial charge in [0.2, 0.25) is 11.8 Å². The van der Waals surface area contributed by atoms with E-state index in [9.17, 15) is 19.1 Å². The van der Waals surface area contributed by atoms with Gasteiger partial charge in [0.05, 0.1) is 26.4 Å². The van der Waals surface area contributed by atoms with Crippen LogP contribution in [0, 0.1) is 23.6 Å². The zero-order chi connectivity index (χ0) is 37.1. The summed E-state index contributed by atoms with van der Waals surface area (Å²) < 4.78 is 62.6. The molecule has 0 radical (unpaired) electrons. The maximum atomic E-state index is 15.9. The van der Waals surface area contributed by atoms with E-state index in [0.29, 0.717) is 30.7 Å². The summed E-state index contributed by atoms with van der Waals surface area (Å²) in [5, 5.41) is 19.2. The number of ether oxygens (including phenoxy) is 3. The van der Waals surface area contributed by atoms with Crippen molar-refractivity contribution in [2.45, 2.75) is 55.3 Å². The van der Waals surface area contributed by atoms with Gasteiger partial charge >= 0.3 is 0 Å². The Morgan fingerprint density at radius 2 is 1.85 bits per heavy atom. The lowest BCUT2D eigenvalue weighted by Crippen LogP contribution is -2.64. The van der Waals surface area contributed by atoms with Gasteiger partial charge in [0.25, 0.3) is 11.5 Å². The topological polar surface area (TPSA) is 155 Å². The quantitative estimate of drug-likeness (QED) is 0.254. The molecule has 1 aliphatic carbocycles. The van der Waals surface area contributed by atoms with Crippen molar-refractivity contribution >= 4 is 11.6 Å². The van der Waals surface area contributed by atoms with Crippen molar-refractivity contribution in [3.63, 3.8) is 0 Å². The minimum Gasteiger partial charge on any atom is -0.495 e. The van der Waals surface area contributed by atoms with Crippen LogP contribution < -0.4 is 20.8 Å². The number of piperidine rings is 1. The summed E-state index contributed by atoms with van der Waals surface area (Å²) in [6.45, 7) is -2.08. The maximum Gasteiger partial charge on any atom is 0.295 e. The molecule has 2 fully saturated rings. The number of anilines is 1. The maximum absolute atomic E-state index is 15.9. The molecular weight excluding hydrogens is 681 g/mol. The molecule has 0 unspecified atom stereocenters. The van der Waals surface area contributed by atoms with Crippen molar-refractivity contribution in [2.75, 3.05) is 33.0 Å². The molecule has 4 aromatic rings. The van der Waals surface area contributed by atoms with Crippen molar-refractivity contribution < 1.29 is 37.3 Å². The summed E-state index contributed by atoms with van der Waals surface area (Å²) in [5.74, 6) is 0.660. The largest absolute Gasteiger partial charge is 0.495 e. The van der Waals surface area contributed by atoms with E-state index in [2.05, 4.69) is 27.0 Å². The Labute approximate surface area is 297 Å². The number of nitrogens with zero attached hydrogens (tertiary/aromatic N) is 5. The van der Waals surface area contributed by atoms with E-state index < -0.39 is 71.4 Å². The zero-order valence-corrected chi connectivity index (χ0v) is 28.5. The van der Waals surface area contributed by atoms with Gasteiger partial charge in [0.15, 0.2) is 5.69 Å². The van der Waals surface area contributed by atoms with Gasteiger partial charge < -0.3 is 30.0 Å². The molecule has 0 spiro atoms. The van der Waals surface area contributed by atoms with Gasteiger partial charge in [0.1, 0.15) is 40.5 Å². The number of carbonyl (C=O) groups is 1. The predicted octanol–water partition coefficient (Wildman–Crippen LogP) is 4.18. The Balaban J connectivity index is 1.19. The monoisotopic (exact) mass is 718 g/mol. The van der Waals surface area contributed by atoms with Crippen LogP contribution in [0.5, 0.6) is 17.4 Å². The van der Waals surface area contributed by atoms with Gasteiger partial charge in [-0.15, -0.1) is 5.10 Å². The average molecular weight is 719 g/mol. The fourth-order valence-corrected chi connectivity index (χ4v) is 6.75. The first-order chi connectivity index (χ1) is 24.9. The number of halogens is 3. The number of methoxy groups -OCH3 is 2. The van der Waals surface area contributed by atoms with Crippen molar-refractivity contribution in [1.29, 1.82) is 0 Å². The van der Waals surface area contributed by atoms with Gasteiger partial charge in [-0.2, -0.15) is 5.10 Å². The highest BCUT2D eigenvalue weighted by atomic mass is 19.3. The van der Waals surface area contributed by atoms with Crippen molar-refractivity contribution in [1.82, 2.24) is 24.6 Å². The summed E-state index contributed by atoms with van der Waals surface area (Å²) >= 11 is 0. The number of alkyl halides is 2. The number of aliphatic hydroxyl groups is 1. The third kappa shape index (κ3) is 7.44. The molecule has 3 N–H and O–H groups in total. The SMILES string of the molecule is COc1cnnc(C#C[C@@]2(OC)CC[C@@H](C(=O)N3CC[C@](O)(Cn4cnc(Oc5ccc(F)cc5)c(N)c4=O)C(F)(F)C3)[C@H](c3ccccc3)C2)c1. The molecule has 2 aliphatic rings. The van der Waals surface area contributed by atoms with E-state index in [-0.39, 0.29) is 18.2 Å². The zero-order valence-electron chi connectivity index (χ0n) is 28.5. The lowest BCUT2D eigenvalue weighted by molar-refractivity contribution is -0.223. The Morgan fingerprint density at radius 3 is 2.54 bits per heavy atom. The number of amides is 1. The first-order valence-electron chi connectivity index (χ1n) is 16.5. The summed E-state index contributed by atoms with van der Waals surface area (Å²) in [5.41, 5.74) is 2.09. The third-order valence-corrected chi connectivity index (χ3v) is 9.79.